The molecule has 0 atom stereocenters. The first-order valence-electron chi connectivity index (χ1n) is 7.04. The fraction of sp³-hybridized carbons (Fsp3) is 0.235. The Labute approximate surface area is 124 Å². The Bertz CT molecular complexity index is 555. The highest BCUT2D eigenvalue weighted by molar-refractivity contribution is 5.90. The Morgan fingerprint density at radius 2 is 1.67 bits per heavy atom. The van der Waals surface area contributed by atoms with Gasteiger partial charge in [-0.3, -0.25) is 4.79 Å². The molecule has 0 saturated carbocycles. The van der Waals surface area contributed by atoms with E-state index in [-0.39, 0.29) is 11.7 Å². The Hall–Kier alpha value is -2.20. The molecule has 2 aromatic carbocycles. The van der Waals surface area contributed by atoms with Crippen LogP contribution in [-0.4, -0.2) is 19.0 Å². The number of hydrogen-bond acceptors (Lipinski definition) is 2. The summed E-state index contributed by atoms with van der Waals surface area (Å²) in [5.41, 5.74) is 1.89. The molecule has 2 rings (SSSR count). The first-order chi connectivity index (χ1) is 10.2. The van der Waals surface area contributed by atoms with Crippen molar-refractivity contribution in [2.75, 3.05) is 18.4 Å². The third-order valence-electron chi connectivity index (χ3n) is 3.09. The fourth-order valence-corrected chi connectivity index (χ4v) is 1.96. The van der Waals surface area contributed by atoms with E-state index in [1.807, 2.05) is 18.2 Å². The van der Waals surface area contributed by atoms with Gasteiger partial charge in [-0.2, -0.15) is 0 Å². The van der Waals surface area contributed by atoms with Gasteiger partial charge in [0.1, 0.15) is 5.82 Å². The lowest BCUT2D eigenvalue weighted by atomic mass is 10.1. The summed E-state index contributed by atoms with van der Waals surface area (Å²) in [6.45, 7) is 1.47. The molecule has 4 heteroatoms. The maximum Gasteiger partial charge on any atom is 0.225 e. The van der Waals surface area contributed by atoms with Gasteiger partial charge >= 0.3 is 0 Å². The second kappa shape index (κ2) is 8.17. The van der Waals surface area contributed by atoms with Gasteiger partial charge in [-0.25, -0.2) is 4.39 Å². The molecule has 0 bridgehead atoms. The molecule has 2 N–H and O–H groups in total. The number of benzene rings is 2. The Morgan fingerprint density at radius 1 is 0.952 bits per heavy atom. The lowest BCUT2D eigenvalue weighted by Gasteiger charge is -2.06. The van der Waals surface area contributed by atoms with E-state index in [0.717, 1.165) is 13.0 Å². The maximum atomic E-state index is 12.7. The molecule has 0 aliphatic carbocycles. The van der Waals surface area contributed by atoms with Crippen molar-refractivity contribution < 1.29 is 9.18 Å². The minimum absolute atomic E-state index is 0.0752. The van der Waals surface area contributed by atoms with Crippen LogP contribution in [0.4, 0.5) is 10.1 Å². The quantitative estimate of drug-likeness (QED) is 0.768. The van der Waals surface area contributed by atoms with E-state index in [0.29, 0.717) is 18.7 Å². The molecule has 0 aliphatic rings. The van der Waals surface area contributed by atoms with Gasteiger partial charge in [-0.15, -0.1) is 0 Å². The highest BCUT2D eigenvalue weighted by Crippen LogP contribution is 2.08. The van der Waals surface area contributed by atoms with Crippen LogP contribution in [0.2, 0.25) is 0 Å². The molecule has 1 amide bonds. The van der Waals surface area contributed by atoms with Crippen molar-refractivity contribution in [1.29, 1.82) is 0 Å². The van der Waals surface area contributed by atoms with Crippen molar-refractivity contribution in [2.24, 2.45) is 0 Å². The molecule has 21 heavy (non-hydrogen) atoms. The van der Waals surface area contributed by atoms with Crippen LogP contribution in [0.15, 0.2) is 54.6 Å². The first-order valence-corrected chi connectivity index (χ1v) is 7.04. The predicted octanol–water partition coefficient (Wildman–Crippen LogP) is 2.99. The minimum atomic E-state index is -0.310. The number of nitrogens with one attached hydrogen (secondary N) is 2. The lowest BCUT2D eigenvalue weighted by Crippen LogP contribution is -2.23. The molecule has 2 aromatic rings. The molecule has 0 heterocycles. The van der Waals surface area contributed by atoms with Crippen molar-refractivity contribution in [1.82, 2.24) is 5.32 Å². The molecule has 3 nitrogen and oxygen atoms in total. The summed E-state index contributed by atoms with van der Waals surface area (Å²) in [4.78, 5) is 11.7. The van der Waals surface area contributed by atoms with Gasteiger partial charge in [0.05, 0.1) is 0 Å². The van der Waals surface area contributed by atoms with Crippen LogP contribution >= 0.6 is 0 Å². The average Bonchev–Trinajstić information content (AvgIpc) is 2.50. The smallest absolute Gasteiger partial charge is 0.225 e. The minimum Gasteiger partial charge on any atom is -0.326 e. The summed E-state index contributed by atoms with van der Waals surface area (Å²) in [6.07, 6.45) is 1.34. The van der Waals surface area contributed by atoms with Crippen molar-refractivity contribution in [3.63, 3.8) is 0 Å². The van der Waals surface area contributed by atoms with Crippen molar-refractivity contribution in [3.05, 3.63) is 66.0 Å². The van der Waals surface area contributed by atoms with E-state index in [2.05, 4.69) is 22.8 Å². The van der Waals surface area contributed by atoms with Crippen LogP contribution < -0.4 is 10.6 Å². The van der Waals surface area contributed by atoms with Crippen LogP contribution in [0.5, 0.6) is 0 Å². The number of rotatable bonds is 7. The number of hydrogen-bond donors (Lipinski definition) is 2. The van der Waals surface area contributed by atoms with E-state index in [9.17, 15) is 9.18 Å². The number of carbonyl (C=O) groups is 1. The van der Waals surface area contributed by atoms with Crippen LogP contribution in [-0.2, 0) is 11.2 Å². The predicted molar refractivity (Wildman–Crippen MR) is 82.7 cm³/mol. The van der Waals surface area contributed by atoms with Gasteiger partial charge in [0, 0.05) is 18.7 Å². The normalized spacial score (nSPS) is 10.3. The fourth-order valence-electron chi connectivity index (χ4n) is 1.96. The third kappa shape index (κ3) is 5.75. The number of anilines is 1. The van der Waals surface area contributed by atoms with Crippen LogP contribution in [0.3, 0.4) is 0 Å². The highest BCUT2D eigenvalue weighted by Gasteiger charge is 2.02. The first kappa shape index (κ1) is 15.2. The number of carbonyl (C=O) groups excluding carboxylic acids is 1. The van der Waals surface area contributed by atoms with E-state index >= 15 is 0 Å². The van der Waals surface area contributed by atoms with Crippen LogP contribution in [0.1, 0.15) is 12.0 Å². The van der Waals surface area contributed by atoms with E-state index < -0.39 is 0 Å². The third-order valence-corrected chi connectivity index (χ3v) is 3.09. The zero-order valence-electron chi connectivity index (χ0n) is 11.8. The van der Waals surface area contributed by atoms with E-state index in [4.69, 9.17) is 0 Å². The topological polar surface area (TPSA) is 41.1 Å². The highest BCUT2D eigenvalue weighted by atomic mass is 19.1. The molecular weight excluding hydrogens is 267 g/mol. The Kier molecular flexibility index (Phi) is 5.91. The van der Waals surface area contributed by atoms with Gasteiger partial charge in [-0.05, 0) is 42.8 Å². The van der Waals surface area contributed by atoms with Gasteiger partial charge in [0.15, 0.2) is 0 Å². The molecule has 0 unspecified atom stereocenters. The maximum absolute atomic E-state index is 12.7. The lowest BCUT2D eigenvalue weighted by molar-refractivity contribution is -0.116. The van der Waals surface area contributed by atoms with Crippen molar-refractivity contribution in [3.8, 4) is 0 Å². The average molecular weight is 286 g/mol. The second-order valence-corrected chi connectivity index (χ2v) is 4.79. The van der Waals surface area contributed by atoms with Gasteiger partial charge in [-0.1, -0.05) is 30.3 Å². The van der Waals surface area contributed by atoms with Crippen LogP contribution in [0.25, 0.3) is 0 Å². The standard InChI is InChI=1S/C17H19FN2O/c18-15-6-8-16(9-7-15)20-17(21)11-13-19-12-10-14-4-2-1-3-5-14/h1-9,19H,10-13H2,(H,20,21). The van der Waals surface area contributed by atoms with E-state index in [1.165, 1.54) is 17.7 Å². The van der Waals surface area contributed by atoms with Gasteiger partial charge in [0.2, 0.25) is 5.91 Å². The summed E-state index contributed by atoms with van der Waals surface area (Å²) >= 11 is 0. The SMILES string of the molecule is O=C(CCNCCc1ccccc1)Nc1ccc(F)cc1. The van der Waals surface area contributed by atoms with E-state index in [1.54, 1.807) is 12.1 Å². The zero-order valence-corrected chi connectivity index (χ0v) is 11.8. The van der Waals surface area contributed by atoms with Crippen LogP contribution in [0, 0.1) is 5.82 Å². The molecule has 0 spiro atoms. The summed E-state index contributed by atoms with van der Waals surface area (Å²) in [7, 11) is 0. The van der Waals surface area contributed by atoms with Gasteiger partial charge < -0.3 is 10.6 Å². The molecule has 0 saturated heterocycles. The second-order valence-electron chi connectivity index (χ2n) is 4.79. The summed E-state index contributed by atoms with van der Waals surface area (Å²) < 4.78 is 12.7. The Balaban J connectivity index is 1.60. The number of halogens is 1. The number of amides is 1. The molecule has 110 valence electrons. The largest absolute Gasteiger partial charge is 0.326 e. The Morgan fingerprint density at radius 3 is 2.38 bits per heavy atom. The molecule has 0 aliphatic heterocycles. The van der Waals surface area contributed by atoms with Gasteiger partial charge in [0.25, 0.3) is 0 Å². The monoisotopic (exact) mass is 286 g/mol. The summed E-state index contributed by atoms with van der Waals surface area (Å²) in [6, 6.07) is 16.0. The summed E-state index contributed by atoms with van der Waals surface area (Å²) in [5, 5.41) is 5.97. The van der Waals surface area contributed by atoms with Crippen molar-refractivity contribution in [2.45, 2.75) is 12.8 Å². The molecule has 0 radical (unpaired) electrons. The van der Waals surface area contributed by atoms with Crippen molar-refractivity contribution >= 4 is 11.6 Å². The summed E-state index contributed by atoms with van der Waals surface area (Å²) in [5.74, 6) is -0.385. The molecule has 0 aromatic heterocycles. The molecular formula is C17H19FN2O. The zero-order chi connectivity index (χ0) is 14.9. The molecule has 0 fully saturated rings.